The van der Waals surface area contributed by atoms with Crippen LogP contribution in [0.5, 0.6) is 5.75 Å². The van der Waals surface area contributed by atoms with Gasteiger partial charge in [0, 0.05) is 12.1 Å². The van der Waals surface area contributed by atoms with Crippen molar-refractivity contribution in [2.45, 2.75) is 32.4 Å². The summed E-state index contributed by atoms with van der Waals surface area (Å²) in [7, 11) is 0. The van der Waals surface area contributed by atoms with Gasteiger partial charge in [-0.25, -0.2) is 4.98 Å². The Morgan fingerprint density at radius 2 is 1.90 bits per heavy atom. The second-order valence-corrected chi connectivity index (χ2v) is 5.74. The van der Waals surface area contributed by atoms with Crippen molar-refractivity contribution in [2.75, 3.05) is 11.2 Å². The van der Waals surface area contributed by atoms with Gasteiger partial charge >= 0.3 is 0 Å². The van der Waals surface area contributed by atoms with Crippen molar-refractivity contribution < 1.29 is 4.74 Å². The number of pyridine rings is 1. The Balaban J connectivity index is 2.31. The highest BCUT2D eigenvalue weighted by atomic mass is 35.5. The number of aromatic nitrogens is 1. The van der Waals surface area contributed by atoms with Gasteiger partial charge in [0.15, 0.2) is 11.6 Å². The standard InChI is InChI=1S/C17H21ClN2O/c1-13(2)21-15-10-7-11-19-16(15)20-17(3,12-18)14-8-5-4-6-9-14/h4-11,13H,12H2,1-3H3,(H,19,20). The highest BCUT2D eigenvalue weighted by molar-refractivity contribution is 6.18. The summed E-state index contributed by atoms with van der Waals surface area (Å²) in [5.74, 6) is 1.87. The molecule has 0 saturated heterocycles. The Bertz CT molecular complexity index is 574. The smallest absolute Gasteiger partial charge is 0.169 e. The molecule has 1 atom stereocenters. The molecule has 0 amide bonds. The number of rotatable bonds is 6. The number of nitrogens with zero attached hydrogens (tertiary/aromatic N) is 1. The van der Waals surface area contributed by atoms with Crippen molar-refractivity contribution in [1.29, 1.82) is 0 Å². The van der Waals surface area contributed by atoms with E-state index in [1.54, 1.807) is 6.20 Å². The third kappa shape index (κ3) is 3.88. The first-order valence-corrected chi connectivity index (χ1v) is 7.60. The van der Waals surface area contributed by atoms with Crippen molar-refractivity contribution in [3.63, 3.8) is 0 Å². The molecule has 0 saturated carbocycles. The summed E-state index contributed by atoms with van der Waals surface area (Å²) in [6, 6.07) is 13.9. The largest absolute Gasteiger partial charge is 0.487 e. The zero-order valence-corrected chi connectivity index (χ0v) is 13.4. The third-order valence-electron chi connectivity index (χ3n) is 3.21. The highest BCUT2D eigenvalue weighted by Gasteiger charge is 2.27. The van der Waals surface area contributed by atoms with Crippen LogP contribution in [-0.4, -0.2) is 17.0 Å². The van der Waals surface area contributed by atoms with Gasteiger partial charge in [0.2, 0.25) is 0 Å². The predicted molar refractivity (Wildman–Crippen MR) is 88.1 cm³/mol. The lowest BCUT2D eigenvalue weighted by atomic mass is 9.94. The van der Waals surface area contributed by atoms with Gasteiger partial charge in [0.25, 0.3) is 0 Å². The van der Waals surface area contributed by atoms with Gasteiger partial charge in [-0.15, -0.1) is 11.6 Å². The summed E-state index contributed by atoms with van der Waals surface area (Å²) in [5.41, 5.74) is 0.702. The SMILES string of the molecule is CC(C)Oc1cccnc1NC(C)(CCl)c1ccccc1. The van der Waals surface area contributed by atoms with Gasteiger partial charge < -0.3 is 10.1 Å². The summed E-state index contributed by atoms with van der Waals surface area (Å²) in [6.45, 7) is 6.05. The third-order valence-corrected chi connectivity index (χ3v) is 3.74. The lowest BCUT2D eigenvalue weighted by molar-refractivity contribution is 0.242. The van der Waals surface area contributed by atoms with Gasteiger partial charge in [-0.3, -0.25) is 0 Å². The number of nitrogens with one attached hydrogen (secondary N) is 1. The molecule has 0 radical (unpaired) electrons. The molecular weight excluding hydrogens is 284 g/mol. The zero-order valence-electron chi connectivity index (χ0n) is 12.6. The topological polar surface area (TPSA) is 34.1 Å². The molecule has 21 heavy (non-hydrogen) atoms. The molecule has 2 aromatic rings. The van der Waals surface area contributed by atoms with Crippen molar-refractivity contribution in [2.24, 2.45) is 0 Å². The monoisotopic (exact) mass is 304 g/mol. The molecule has 112 valence electrons. The predicted octanol–water partition coefficient (Wildman–Crippen LogP) is 4.43. The summed E-state index contributed by atoms with van der Waals surface area (Å²) < 4.78 is 5.80. The number of halogens is 1. The molecule has 2 rings (SSSR count). The molecule has 3 nitrogen and oxygen atoms in total. The minimum absolute atomic E-state index is 0.0914. The van der Waals surface area contributed by atoms with E-state index < -0.39 is 5.54 Å². The van der Waals surface area contributed by atoms with Crippen LogP contribution in [-0.2, 0) is 5.54 Å². The molecule has 1 N–H and O–H groups in total. The van der Waals surface area contributed by atoms with Crippen LogP contribution in [0.1, 0.15) is 26.3 Å². The molecule has 0 fully saturated rings. The Morgan fingerprint density at radius 3 is 2.52 bits per heavy atom. The minimum atomic E-state index is -0.410. The van der Waals surface area contributed by atoms with Gasteiger partial charge in [-0.1, -0.05) is 30.3 Å². The number of ether oxygens (including phenoxy) is 1. The van der Waals surface area contributed by atoms with Gasteiger partial charge in [0.1, 0.15) is 0 Å². The number of benzene rings is 1. The fourth-order valence-corrected chi connectivity index (χ4v) is 2.30. The van der Waals surface area contributed by atoms with E-state index in [9.17, 15) is 0 Å². The highest BCUT2D eigenvalue weighted by Crippen LogP contribution is 2.31. The van der Waals surface area contributed by atoms with Crippen LogP contribution in [0.25, 0.3) is 0 Å². The molecule has 1 heterocycles. The van der Waals surface area contributed by atoms with E-state index in [0.717, 1.165) is 11.3 Å². The van der Waals surface area contributed by atoms with Crippen molar-refractivity contribution in [3.05, 3.63) is 54.2 Å². The zero-order chi connectivity index (χ0) is 15.3. The second-order valence-electron chi connectivity index (χ2n) is 5.47. The molecule has 4 heteroatoms. The summed E-state index contributed by atoms with van der Waals surface area (Å²) in [4.78, 5) is 4.40. The first-order chi connectivity index (χ1) is 10.0. The van der Waals surface area contributed by atoms with Crippen LogP contribution in [0.3, 0.4) is 0 Å². The lowest BCUT2D eigenvalue weighted by Gasteiger charge is -2.30. The molecule has 0 bridgehead atoms. The molecule has 0 spiro atoms. The number of alkyl halides is 1. The van der Waals surface area contributed by atoms with Gasteiger partial charge in [-0.05, 0) is 38.5 Å². The van der Waals surface area contributed by atoms with E-state index in [2.05, 4.69) is 29.4 Å². The summed E-state index contributed by atoms with van der Waals surface area (Å²) in [6.07, 6.45) is 1.84. The lowest BCUT2D eigenvalue weighted by Crippen LogP contribution is -2.34. The van der Waals surface area contributed by atoms with Crippen molar-refractivity contribution in [3.8, 4) is 5.75 Å². The summed E-state index contributed by atoms with van der Waals surface area (Å²) in [5, 5.41) is 3.43. The van der Waals surface area contributed by atoms with Crippen LogP contribution < -0.4 is 10.1 Å². The van der Waals surface area contributed by atoms with E-state index in [0.29, 0.717) is 11.7 Å². The van der Waals surface area contributed by atoms with E-state index in [-0.39, 0.29) is 6.10 Å². The normalized spacial score (nSPS) is 13.8. The molecule has 1 aromatic carbocycles. The van der Waals surface area contributed by atoms with Crippen LogP contribution in [0.15, 0.2) is 48.7 Å². The molecular formula is C17H21ClN2O. The first kappa shape index (κ1) is 15.6. The summed E-state index contributed by atoms with van der Waals surface area (Å²) >= 11 is 6.22. The first-order valence-electron chi connectivity index (χ1n) is 7.06. The Hall–Kier alpha value is -1.74. The van der Waals surface area contributed by atoms with E-state index in [1.807, 2.05) is 44.2 Å². The van der Waals surface area contributed by atoms with Gasteiger partial charge in [-0.2, -0.15) is 0 Å². The van der Waals surface area contributed by atoms with Crippen LogP contribution in [0, 0.1) is 0 Å². The Kier molecular flexibility index (Phi) is 5.07. The number of anilines is 1. The minimum Gasteiger partial charge on any atom is -0.487 e. The Labute approximate surface area is 131 Å². The maximum absolute atomic E-state index is 6.22. The van der Waals surface area contributed by atoms with E-state index in [1.165, 1.54) is 0 Å². The Morgan fingerprint density at radius 1 is 1.19 bits per heavy atom. The van der Waals surface area contributed by atoms with Crippen LogP contribution >= 0.6 is 11.6 Å². The maximum atomic E-state index is 6.22. The molecule has 1 aromatic heterocycles. The average Bonchev–Trinajstić information content (AvgIpc) is 2.49. The number of hydrogen-bond acceptors (Lipinski definition) is 3. The molecule has 0 aliphatic carbocycles. The van der Waals surface area contributed by atoms with Crippen LogP contribution in [0.2, 0.25) is 0 Å². The van der Waals surface area contributed by atoms with Crippen molar-refractivity contribution >= 4 is 17.4 Å². The van der Waals surface area contributed by atoms with Crippen LogP contribution in [0.4, 0.5) is 5.82 Å². The van der Waals surface area contributed by atoms with E-state index in [4.69, 9.17) is 16.3 Å². The van der Waals surface area contributed by atoms with Crippen molar-refractivity contribution in [1.82, 2.24) is 4.98 Å². The quantitative estimate of drug-likeness (QED) is 0.801. The molecule has 0 aliphatic heterocycles. The molecule has 1 unspecified atom stereocenters. The van der Waals surface area contributed by atoms with Gasteiger partial charge in [0.05, 0.1) is 11.6 Å². The number of hydrogen-bond donors (Lipinski definition) is 1. The maximum Gasteiger partial charge on any atom is 0.169 e. The van der Waals surface area contributed by atoms with E-state index >= 15 is 0 Å². The fourth-order valence-electron chi connectivity index (χ4n) is 2.08. The average molecular weight is 305 g/mol. The second kappa shape index (κ2) is 6.81. The molecule has 0 aliphatic rings. The fraction of sp³-hybridized carbons (Fsp3) is 0.353.